The molecule has 0 saturated carbocycles. The highest BCUT2D eigenvalue weighted by Crippen LogP contribution is 2.46. The van der Waals surface area contributed by atoms with Crippen LogP contribution in [0.25, 0.3) is 11.1 Å². The molecule has 0 N–H and O–H groups in total. The van der Waals surface area contributed by atoms with Crippen molar-refractivity contribution in [1.82, 2.24) is 9.80 Å². The third-order valence-corrected chi connectivity index (χ3v) is 9.50. The fraction of sp³-hybridized carbons (Fsp3) is 0.412. The third-order valence-electron chi connectivity index (χ3n) is 9.50. The van der Waals surface area contributed by atoms with Crippen LogP contribution in [-0.2, 0) is 19.1 Å². The van der Waals surface area contributed by atoms with E-state index in [1.807, 2.05) is 62.6 Å². The average molecular weight is 571 g/mol. The molecule has 0 spiro atoms. The fourth-order valence-corrected chi connectivity index (χ4v) is 6.97. The maximum absolute atomic E-state index is 13.1. The van der Waals surface area contributed by atoms with Crippen LogP contribution in [0.1, 0.15) is 49.7 Å². The van der Waals surface area contributed by atoms with E-state index in [0.717, 1.165) is 59.5 Å². The molecule has 4 heterocycles. The second kappa shape index (κ2) is 11.1. The standard InChI is InChI=1S/C34H38N2O6/c1-35-27-15-17-33(35,21-25(19-27)23-5-9-29(39-3)10-6-23)41-31(37)13-14-32(38)42-34-18-16-28(36(34)2)20-26(22-34)24-7-11-30(40-4)12-8-24/h5-14,21-22,27-28H,15-20H2,1-4H3/b14-13+. The van der Waals surface area contributed by atoms with Crippen molar-refractivity contribution in [3.8, 4) is 11.5 Å². The summed E-state index contributed by atoms with van der Waals surface area (Å²) in [5.41, 5.74) is 2.76. The maximum atomic E-state index is 13.1. The number of rotatable bonds is 8. The summed E-state index contributed by atoms with van der Waals surface area (Å²) >= 11 is 0. The van der Waals surface area contributed by atoms with Gasteiger partial charge in [0.2, 0.25) is 0 Å². The van der Waals surface area contributed by atoms with Crippen molar-refractivity contribution in [3.05, 3.63) is 84.0 Å². The minimum Gasteiger partial charge on any atom is -0.497 e. The summed E-state index contributed by atoms with van der Waals surface area (Å²) in [6.45, 7) is 0. The van der Waals surface area contributed by atoms with Gasteiger partial charge in [-0.1, -0.05) is 24.3 Å². The summed E-state index contributed by atoms with van der Waals surface area (Å²) < 4.78 is 22.7. The molecular weight excluding hydrogens is 532 g/mol. The normalized spacial score (nSPS) is 28.8. The van der Waals surface area contributed by atoms with Crippen LogP contribution in [0.3, 0.4) is 0 Å². The molecule has 4 atom stereocenters. The van der Waals surface area contributed by atoms with Crippen LogP contribution in [-0.4, -0.2) is 73.6 Å². The molecule has 4 unspecified atom stereocenters. The molecule has 0 aliphatic carbocycles. The van der Waals surface area contributed by atoms with E-state index in [1.54, 1.807) is 14.2 Å². The summed E-state index contributed by atoms with van der Waals surface area (Å²) in [5, 5.41) is 0. The molecule has 4 bridgehead atoms. The number of nitrogens with zero attached hydrogens (tertiary/aromatic N) is 2. The summed E-state index contributed by atoms with van der Waals surface area (Å²) in [4.78, 5) is 30.4. The molecule has 2 saturated heterocycles. The molecule has 2 fully saturated rings. The Kier molecular flexibility index (Phi) is 7.45. The van der Waals surface area contributed by atoms with Crippen LogP contribution in [0, 0.1) is 0 Å². The van der Waals surface area contributed by atoms with Crippen LogP contribution in [0.5, 0.6) is 11.5 Å². The molecular formula is C34H38N2O6. The zero-order valence-electron chi connectivity index (χ0n) is 24.7. The molecule has 0 aromatic heterocycles. The molecule has 2 aromatic rings. The van der Waals surface area contributed by atoms with Crippen molar-refractivity contribution in [2.75, 3.05) is 28.3 Å². The van der Waals surface area contributed by atoms with E-state index in [-0.39, 0.29) is 12.1 Å². The second-order valence-corrected chi connectivity index (χ2v) is 11.7. The first-order valence-electron chi connectivity index (χ1n) is 14.6. The maximum Gasteiger partial charge on any atom is 0.333 e. The number of hydrogen-bond donors (Lipinski definition) is 0. The van der Waals surface area contributed by atoms with Gasteiger partial charge < -0.3 is 18.9 Å². The molecule has 0 radical (unpaired) electrons. The number of carbonyl (C=O) groups is 2. The van der Waals surface area contributed by atoms with Crippen molar-refractivity contribution >= 4 is 23.1 Å². The smallest absolute Gasteiger partial charge is 0.333 e. The molecule has 4 aliphatic heterocycles. The van der Waals surface area contributed by atoms with Gasteiger partial charge in [-0.05, 0) is 98.5 Å². The predicted octanol–water partition coefficient (Wildman–Crippen LogP) is 5.20. The first-order valence-corrected chi connectivity index (χ1v) is 14.6. The minimum absolute atomic E-state index is 0.275. The number of carbonyl (C=O) groups excluding carboxylic acids is 2. The Morgan fingerprint density at radius 3 is 1.43 bits per heavy atom. The quantitative estimate of drug-likeness (QED) is 0.317. The Bertz CT molecular complexity index is 1340. The van der Waals surface area contributed by atoms with Gasteiger partial charge in [0.15, 0.2) is 11.4 Å². The SMILES string of the molecule is COc1ccc(C2=CC3(OC(=O)/C=C/C(=O)OC45C=C(c6ccc(OC)cc6)CC(CC4)N5C)CCC(C2)N3C)cc1. The van der Waals surface area contributed by atoms with Crippen molar-refractivity contribution in [2.45, 2.75) is 62.1 Å². The van der Waals surface area contributed by atoms with E-state index in [0.29, 0.717) is 12.8 Å². The number of hydrogen-bond acceptors (Lipinski definition) is 8. The first-order chi connectivity index (χ1) is 20.2. The van der Waals surface area contributed by atoms with E-state index in [1.165, 1.54) is 12.2 Å². The monoisotopic (exact) mass is 570 g/mol. The molecule has 4 aliphatic rings. The lowest BCUT2D eigenvalue weighted by atomic mass is 9.94. The zero-order valence-corrected chi connectivity index (χ0v) is 24.7. The van der Waals surface area contributed by atoms with Gasteiger partial charge in [-0.3, -0.25) is 9.80 Å². The van der Waals surface area contributed by atoms with Gasteiger partial charge in [0.25, 0.3) is 0 Å². The Morgan fingerprint density at radius 1 is 0.690 bits per heavy atom. The molecule has 220 valence electrons. The minimum atomic E-state index is -0.847. The Balaban J connectivity index is 1.15. The number of methoxy groups -OCH3 is 2. The number of benzene rings is 2. The summed E-state index contributed by atoms with van der Waals surface area (Å²) in [5.74, 6) is 0.459. The van der Waals surface area contributed by atoms with Gasteiger partial charge in [0.1, 0.15) is 11.5 Å². The molecule has 8 heteroatoms. The summed E-state index contributed by atoms with van der Waals surface area (Å²) in [6, 6.07) is 16.4. The van der Waals surface area contributed by atoms with Crippen molar-refractivity contribution in [1.29, 1.82) is 0 Å². The van der Waals surface area contributed by atoms with Gasteiger partial charge in [-0.2, -0.15) is 0 Å². The topological polar surface area (TPSA) is 77.5 Å². The van der Waals surface area contributed by atoms with E-state index in [2.05, 4.69) is 22.0 Å². The van der Waals surface area contributed by atoms with Gasteiger partial charge in [0.05, 0.1) is 14.2 Å². The number of ether oxygens (including phenoxy) is 4. The van der Waals surface area contributed by atoms with Crippen molar-refractivity contribution in [2.24, 2.45) is 0 Å². The average Bonchev–Trinajstić information content (AvgIpc) is 3.27. The number of esters is 2. The molecule has 2 aromatic carbocycles. The second-order valence-electron chi connectivity index (χ2n) is 11.7. The lowest BCUT2D eigenvalue weighted by molar-refractivity contribution is -0.165. The first kappa shape index (κ1) is 28.2. The van der Waals surface area contributed by atoms with Crippen molar-refractivity contribution in [3.63, 3.8) is 0 Å². The van der Waals surface area contributed by atoms with Gasteiger partial charge in [-0.15, -0.1) is 0 Å². The lowest BCUT2D eigenvalue weighted by Gasteiger charge is -2.40. The van der Waals surface area contributed by atoms with Gasteiger partial charge in [-0.25, -0.2) is 9.59 Å². The van der Waals surface area contributed by atoms with Crippen LogP contribution in [0.15, 0.2) is 72.8 Å². The highest BCUT2D eigenvalue weighted by atomic mass is 16.6. The predicted molar refractivity (Wildman–Crippen MR) is 160 cm³/mol. The third kappa shape index (κ3) is 5.14. The Labute approximate surface area is 247 Å². The highest BCUT2D eigenvalue weighted by Gasteiger charge is 2.50. The van der Waals surface area contributed by atoms with E-state index in [4.69, 9.17) is 18.9 Å². The Morgan fingerprint density at radius 2 is 1.07 bits per heavy atom. The summed E-state index contributed by atoms with van der Waals surface area (Å²) in [7, 11) is 7.28. The molecule has 0 amide bonds. The van der Waals surface area contributed by atoms with Gasteiger partial charge >= 0.3 is 11.9 Å². The Hall–Kier alpha value is -3.88. The van der Waals surface area contributed by atoms with Crippen LogP contribution < -0.4 is 9.47 Å². The lowest BCUT2D eigenvalue weighted by Crippen LogP contribution is -2.49. The number of likely N-dealkylation sites (N-methyl/N-ethyl adjacent to an activating group) is 2. The zero-order chi connectivity index (χ0) is 29.5. The van der Waals surface area contributed by atoms with E-state index < -0.39 is 23.4 Å². The van der Waals surface area contributed by atoms with Crippen LogP contribution in [0.4, 0.5) is 0 Å². The van der Waals surface area contributed by atoms with Crippen LogP contribution in [0.2, 0.25) is 0 Å². The van der Waals surface area contributed by atoms with Crippen molar-refractivity contribution < 1.29 is 28.5 Å². The molecule has 42 heavy (non-hydrogen) atoms. The largest absolute Gasteiger partial charge is 0.497 e. The van der Waals surface area contributed by atoms with E-state index in [9.17, 15) is 9.59 Å². The summed E-state index contributed by atoms with van der Waals surface area (Å²) in [6.07, 6.45) is 11.5. The highest BCUT2D eigenvalue weighted by molar-refractivity contribution is 5.92. The van der Waals surface area contributed by atoms with E-state index >= 15 is 0 Å². The number of fused-ring (bicyclic) bond motifs is 4. The van der Waals surface area contributed by atoms with Crippen LogP contribution >= 0.6 is 0 Å². The molecule has 6 rings (SSSR count). The fourth-order valence-electron chi connectivity index (χ4n) is 6.97. The van der Waals surface area contributed by atoms with Gasteiger partial charge in [0, 0.05) is 37.1 Å². The molecule has 8 nitrogen and oxygen atoms in total.